The molecule has 1 rings (SSSR count). The molecule has 0 aliphatic carbocycles. The van der Waals surface area contributed by atoms with E-state index in [0.29, 0.717) is 11.4 Å². The molecule has 0 aromatic carbocycles. The van der Waals surface area contributed by atoms with E-state index in [1.165, 1.54) is 0 Å². The van der Waals surface area contributed by atoms with E-state index in [1.54, 1.807) is 25.3 Å². The van der Waals surface area contributed by atoms with Crippen molar-refractivity contribution in [2.45, 2.75) is 13.0 Å². The Balaban J connectivity index is 0.000001000. The number of rotatable bonds is 1. The van der Waals surface area contributed by atoms with Crippen molar-refractivity contribution in [3.63, 3.8) is 0 Å². The summed E-state index contributed by atoms with van der Waals surface area (Å²) in [6.45, 7) is 1.55. The van der Waals surface area contributed by atoms with Crippen LogP contribution in [0.3, 0.4) is 0 Å². The van der Waals surface area contributed by atoms with Crippen molar-refractivity contribution < 1.29 is 56.5 Å². The minimum atomic E-state index is -0.784. The molecule has 0 radical (unpaired) electrons. The number of pyridine rings is 1. The molecule has 0 fully saturated rings. The van der Waals surface area contributed by atoms with Crippen LogP contribution in [0.2, 0.25) is 0 Å². The molecular formula is C7H9KN2O. The van der Waals surface area contributed by atoms with E-state index in [1.807, 2.05) is 0 Å². The molecule has 0 saturated carbocycles. The summed E-state index contributed by atoms with van der Waals surface area (Å²) in [6.07, 6.45) is 0.787. The Morgan fingerprint density at radius 3 is 2.64 bits per heavy atom. The average Bonchev–Trinajstić information content (AvgIpc) is 1.88. The molecule has 0 bridgehead atoms. The van der Waals surface area contributed by atoms with Crippen LogP contribution in [-0.4, -0.2) is 4.98 Å². The number of nitrogen functional groups attached to an aromatic ring is 1. The molecule has 3 nitrogen and oxygen atoms in total. The van der Waals surface area contributed by atoms with Gasteiger partial charge >= 0.3 is 51.4 Å². The summed E-state index contributed by atoms with van der Waals surface area (Å²) in [5, 5.41) is 10.8. The van der Waals surface area contributed by atoms with Crippen LogP contribution in [0.15, 0.2) is 18.3 Å². The van der Waals surface area contributed by atoms with Crippen molar-refractivity contribution in [3.05, 3.63) is 23.9 Å². The first kappa shape index (κ1) is 11.5. The van der Waals surface area contributed by atoms with E-state index in [2.05, 4.69) is 4.98 Å². The zero-order valence-electron chi connectivity index (χ0n) is 6.74. The van der Waals surface area contributed by atoms with Crippen molar-refractivity contribution in [2.24, 2.45) is 0 Å². The van der Waals surface area contributed by atoms with Crippen LogP contribution in [-0.2, 0) is 0 Å². The molecule has 1 unspecified atom stereocenters. The zero-order chi connectivity index (χ0) is 7.56. The fourth-order valence-corrected chi connectivity index (χ4v) is 0.774. The fraction of sp³-hybridized carbons (Fsp3) is 0.286. The molecule has 1 aromatic heterocycles. The number of anilines is 1. The molecule has 1 atom stereocenters. The van der Waals surface area contributed by atoms with Crippen LogP contribution in [0.4, 0.5) is 5.82 Å². The molecule has 4 heteroatoms. The number of nitrogens with zero attached hydrogens (tertiary/aromatic N) is 1. The van der Waals surface area contributed by atoms with Crippen molar-refractivity contribution in [1.29, 1.82) is 0 Å². The first-order chi connectivity index (χ1) is 4.72. The van der Waals surface area contributed by atoms with Gasteiger partial charge in [0.05, 0.1) is 0 Å². The van der Waals surface area contributed by atoms with Crippen molar-refractivity contribution in [1.82, 2.24) is 4.98 Å². The number of aromatic nitrogens is 1. The molecule has 11 heavy (non-hydrogen) atoms. The second kappa shape index (κ2) is 5.24. The molecule has 2 N–H and O–H groups in total. The summed E-state index contributed by atoms with van der Waals surface area (Å²) in [5.74, 6) is 0.338. The van der Waals surface area contributed by atoms with Gasteiger partial charge < -0.3 is 10.8 Å². The van der Waals surface area contributed by atoms with Gasteiger partial charge in [-0.2, -0.15) is 0 Å². The van der Waals surface area contributed by atoms with Gasteiger partial charge in [-0.1, -0.05) is 19.1 Å². The number of hydrogen-bond acceptors (Lipinski definition) is 3. The van der Waals surface area contributed by atoms with E-state index in [0.717, 1.165) is 0 Å². The van der Waals surface area contributed by atoms with E-state index in [9.17, 15) is 5.11 Å². The van der Waals surface area contributed by atoms with Gasteiger partial charge in [-0.05, 0) is 11.6 Å². The SMILES string of the molecule is CC([O-])c1cccnc1N.[K+]. The second-order valence-corrected chi connectivity index (χ2v) is 2.12. The topological polar surface area (TPSA) is 62.0 Å². The molecule has 0 aliphatic rings. The largest absolute Gasteiger partial charge is 1.00 e. The quantitative estimate of drug-likeness (QED) is 0.467. The summed E-state index contributed by atoms with van der Waals surface area (Å²) in [5.41, 5.74) is 5.98. The Hall–Kier alpha value is 0.546. The average molecular weight is 176 g/mol. The predicted octanol–water partition coefficient (Wildman–Crippen LogP) is -2.91. The Morgan fingerprint density at radius 2 is 2.27 bits per heavy atom. The normalized spacial score (nSPS) is 11.8. The number of nitrogens with two attached hydrogens (primary N) is 1. The fourth-order valence-electron chi connectivity index (χ4n) is 0.774. The van der Waals surface area contributed by atoms with Gasteiger partial charge in [0, 0.05) is 6.20 Å². The summed E-state index contributed by atoms with van der Waals surface area (Å²) in [4.78, 5) is 3.78. The van der Waals surface area contributed by atoms with E-state index in [-0.39, 0.29) is 51.4 Å². The standard InChI is InChI=1S/C7H9N2O.K/c1-5(10)6-3-2-4-9-7(6)8;/h2-5H,1H3,(H2,8,9);/q-1;+1. The van der Waals surface area contributed by atoms with Crippen LogP contribution in [0.5, 0.6) is 0 Å². The van der Waals surface area contributed by atoms with E-state index < -0.39 is 6.10 Å². The summed E-state index contributed by atoms with van der Waals surface area (Å²) < 4.78 is 0. The first-order valence-electron chi connectivity index (χ1n) is 3.08. The smallest absolute Gasteiger partial charge is 0.849 e. The van der Waals surface area contributed by atoms with Crippen LogP contribution >= 0.6 is 0 Å². The molecule has 0 spiro atoms. The third-order valence-corrected chi connectivity index (χ3v) is 1.31. The van der Waals surface area contributed by atoms with Gasteiger partial charge in [0.2, 0.25) is 0 Å². The van der Waals surface area contributed by atoms with Gasteiger partial charge in [-0.3, -0.25) is 0 Å². The van der Waals surface area contributed by atoms with Crippen molar-refractivity contribution >= 4 is 5.82 Å². The van der Waals surface area contributed by atoms with Crippen molar-refractivity contribution in [2.75, 3.05) is 5.73 Å². The van der Waals surface area contributed by atoms with Crippen molar-refractivity contribution in [3.8, 4) is 0 Å². The first-order valence-corrected chi connectivity index (χ1v) is 3.08. The molecule has 0 amide bonds. The maximum absolute atomic E-state index is 10.8. The Kier molecular flexibility index (Phi) is 5.50. The number of hydrogen-bond donors (Lipinski definition) is 1. The molecular weight excluding hydrogens is 167 g/mol. The monoisotopic (exact) mass is 176 g/mol. The molecule has 54 valence electrons. The Morgan fingerprint density at radius 1 is 1.64 bits per heavy atom. The van der Waals surface area contributed by atoms with E-state index >= 15 is 0 Å². The van der Waals surface area contributed by atoms with Crippen LogP contribution in [0.1, 0.15) is 18.6 Å². The Labute approximate surface area is 108 Å². The van der Waals surface area contributed by atoms with Crippen LogP contribution < -0.4 is 62.2 Å². The van der Waals surface area contributed by atoms with Crippen LogP contribution in [0.25, 0.3) is 0 Å². The zero-order valence-corrected chi connectivity index (χ0v) is 9.87. The minimum absolute atomic E-state index is 0. The maximum Gasteiger partial charge on any atom is 1.00 e. The summed E-state index contributed by atoms with van der Waals surface area (Å²) >= 11 is 0. The molecule has 0 aliphatic heterocycles. The molecule has 1 aromatic rings. The summed E-state index contributed by atoms with van der Waals surface area (Å²) in [6, 6.07) is 3.40. The van der Waals surface area contributed by atoms with Gasteiger partial charge in [0.15, 0.2) is 0 Å². The minimum Gasteiger partial charge on any atom is -0.849 e. The van der Waals surface area contributed by atoms with Crippen LogP contribution in [0, 0.1) is 0 Å². The van der Waals surface area contributed by atoms with Gasteiger partial charge in [-0.25, -0.2) is 4.98 Å². The second-order valence-electron chi connectivity index (χ2n) is 2.12. The Bertz CT molecular complexity index is 227. The molecule has 0 saturated heterocycles. The van der Waals surface area contributed by atoms with E-state index in [4.69, 9.17) is 5.73 Å². The summed E-state index contributed by atoms with van der Waals surface area (Å²) in [7, 11) is 0. The van der Waals surface area contributed by atoms with Gasteiger partial charge in [0.25, 0.3) is 0 Å². The third kappa shape index (κ3) is 3.19. The van der Waals surface area contributed by atoms with Gasteiger partial charge in [0.1, 0.15) is 5.82 Å². The molecule has 1 heterocycles. The third-order valence-electron chi connectivity index (χ3n) is 1.31. The maximum atomic E-state index is 10.8. The van der Waals surface area contributed by atoms with Gasteiger partial charge in [-0.15, -0.1) is 0 Å². The predicted molar refractivity (Wildman–Crippen MR) is 37.1 cm³/mol.